The number of hydrogen-bond donors (Lipinski definition) is 1. The summed E-state index contributed by atoms with van der Waals surface area (Å²) in [5.74, 6) is 0. The Bertz CT molecular complexity index is 574. The van der Waals surface area contributed by atoms with Crippen LogP contribution in [-0.2, 0) is 6.54 Å². The predicted molar refractivity (Wildman–Crippen MR) is 76.8 cm³/mol. The number of rotatable bonds is 5. The smallest absolute Gasteiger partial charge is 0.0991 e. The first kappa shape index (κ1) is 13.4. The minimum absolute atomic E-state index is 0.409. The van der Waals surface area contributed by atoms with Crippen molar-refractivity contribution in [1.29, 1.82) is 5.26 Å². The molecule has 3 nitrogen and oxygen atoms in total. The van der Waals surface area contributed by atoms with Gasteiger partial charge in [-0.25, -0.2) is 0 Å². The molecule has 0 aliphatic rings. The molecular weight excluding hydrogens is 234 g/mol. The molecule has 0 fully saturated rings. The second-order valence-corrected chi connectivity index (χ2v) is 4.68. The topological polar surface area (TPSA) is 40.8 Å². The van der Waals surface area contributed by atoms with Crippen LogP contribution in [-0.4, -0.2) is 11.6 Å². The van der Waals surface area contributed by atoms with Crippen molar-refractivity contribution >= 4 is 0 Å². The molecule has 1 aromatic carbocycles. The summed E-state index contributed by atoms with van der Waals surface area (Å²) in [5.41, 5.74) is 3.17. The molecule has 3 heteroatoms. The van der Waals surface area contributed by atoms with Crippen LogP contribution in [0.2, 0.25) is 0 Å². The molecule has 1 aromatic heterocycles. The van der Waals surface area contributed by atoms with Gasteiger partial charge in [0.1, 0.15) is 0 Å². The summed E-state index contributed by atoms with van der Waals surface area (Å²) in [7, 11) is 1.99. The van der Waals surface area contributed by atoms with Crippen molar-refractivity contribution in [2.45, 2.75) is 25.9 Å². The van der Waals surface area contributed by atoms with Gasteiger partial charge in [0.25, 0.3) is 0 Å². The number of hydrogen-bond acceptors (Lipinski definition) is 2. The summed E-state index contributed by atoms with van der Waals surface area (Å²) < 4.78 is 2.16. The van der Waals surface area contributed by atoms with Crippen LogP contribution < -0.4 is 5.32 Å². The van der Waals surface area contributed by atoms with Gasteiger partial charge in [0, 0.05) is 25.0 Å². The number of aromatic nitrogens is 1. The maximum atomic E-state index is 8.90. The maximum absolute atomic E-state index is 8.90. The molecule has 98 valence electrons. The third-order valence-electron chi connectivity index (χ3n) is 3.35. The Labute approximate surface area is 114 Å². The van der Waals surface area contributed by atoms with E-state index in [1.807, 2.05) is 25.2 Å². The molecule has 2 aromatic rings. The molecular formula is C16H19N3. The second kappa shape index (κ2) is 6.21. The summed E-state index contributed by atoms with van der Waals surface area (Å²) in [6.45, 7) is 2.98. The first-order valence-corrected chi connectivity index (χ1v) is 6.58. The van der Waals surface area contributed by atoms with Gasteiger partial charge in [0.15, 0.2) is 0 Å². The monoisotopic (exact) mass is 253 g/mol. The van der Waals surface area contributed by atoms with Gasteiger partial charge in [-0.3, -0.25) is 0 Å². The van der Waals surface area contributed by atoms with Crippen LogP contribution in [0.25, 0.3) is 0 Å². The second-order valence-electron chi connectivity index (χ2n) is 4.68. The average molecular weight is 253 g/mol. The first-order chi connectivity index (χ1) is 9.26. The predicted octanol–water partition coefficient (Wildman–Crippen LogP) is 3.08. The standard InChI is InChI=1S/C16H19N3/c1-3-16(18-2)15-7-8-19(12-15)11-14-6-4-5-13(9-14)10-17/h4-9,12,16,18H,3,11H2,1-2H3. The van der Waals surface area contributed by atoms with Crippen LogP contribution in [0, 0.1) is 11.3 Å². The number of benzene rings is 1. The van der Waals surface area contributed by atoms with Crippen molar-refractivity contribution in [2.24, 2.45) is 0 Å². The Balaban J connectivity index is 2.13. The van der Waals surface area contributed by atoms with Gasteiger partial charge in [0.05, 0.1) is 11.6 Å². The van der Waals surface area contributed by atoms with Gasteiger partial charge in [-0.05, 0) is 42.8 Å². The van der Waals surface area contributed by atoms with Crippen LogP contribution in [0.1, 0.15) is 36.1 Å². The lowest BCUT2D eigenvalue weighted by atomic mass is 10.1. The summed E-state index contributed by atoms with van der Waals surface area (Å²) >= 11 is 0. The molecule has 0 amide bonds. The SMILES string of the molecule is CCC(NC)c1ccn(Cc2cccc(C#N)c2)c1. The highest BCUT2D eigenvalue weighted by molar-refractivity contribution is 5.33. The molecule has 0 saturated carbocycles. The summed E-state index contributed by atoms with van der Waals surface area (Å²) in [4.78, 5) is 0. The average Bonchev–Trinajstić information content (AvgIpc) is 2.89. The molecule has 1 N–H and O–H groups in total. The third-order valence-corrected chi connectivity index (χ3v) is 3.35. The maximum Gasteiger partial charge on any atom is 0.0991 e. The Hall–Kier alpha value is -2.05. The van der Waals surface area contributed by atoms with E-state index in [0.29, 0.717) is 11.6 Å². The van der Waals surface area contributed by atoms with Gasteiger partial charge in [0.2, 0.25) is 0 Å². The fraction of sp³-hybridized carbons (Fsp3) is 0.312. The minimum atomic E-state index is 0.409. The lowest BCUT2D eigenvalue weighted by molar-refractivity contribution is 0.575. The fourth-order valence-corrected chi connectivity index (χ4v) is 2.32. The number of nitrogens with zero attached hydrogens (tertiary/aromatic N) is 2. The highest BCUT2D eigenvalue weighted by Gasteiger charge is 2.07. The van der Waals surface area contributed by atoms with Crippen molar-refractivity contribution in [3.8, 4) is 6.07 Å². The zero-order chi connectivity index (χ0) is 13.7. The highest BCUT2D eigenvalue weighted by atomic mass is 14.9. The van der Waals surface area contributed by atoms with Crippen LogP contribution in [0.3, 0.4) is 0 Å². The van der Waals surface area contributed by atoms with Gasteiger partial charge >= 0.3 is 0 Å². The molecule has 0 aliphatic heterocycles. The quantitative estimate of drug-likeness (QED) is 0.889. The van der Waals surface area contributed by atoms with Crippen LogP contribution in [0.5, 0.6) is 0 Å². The first-order valence-electron chi connectivity index (χ1n) is 6.58. The normalized spacial score (nSPS) is 12.1. The van der Waals surface area contributed by atoms with Crippen molar-refractivity contribution in [3.63, 3.8) is 0 Å². The Kier molecular flexibility index (Phi) is 4.38. The zero-order valence-electron chi connectivity index (χ0n) is 11.4. The molecule has 1 unspecified atom stereocenters. The van der Waals surface area contributed by atoms with E-state index in [4.69, 9.17) is 5.26 Å². The molecule has 0 saturated heterocycles. The van der Waals surface area contributed by atoms with E-state index >= 15 is 0 Å². The lowest BCUT2D eigenvalue weighted by Gasteiger charge is -2.11. The van der Waals surface area contributed by atoms with E-state index in [9.17, 15) is 0 Å². The van der Waals surface area contributed by atoms with Crippen molar-refractivity contribution in [3.05, 3.63) is 59.4 Å². The minimum Gasteiger partial charge on any atom is -0.350 e. The summed E-state index contributed by atoms with van der Waals surface area (Å²) in [5, 5.41) is 12.2. The van der Waals surface area contributed by atoms with Gasteiger partial charge in [-0.2, -0.15) is 5.26 Å². The van der Waals surface area contributed by atoms with Gasteiger partial charge < -0.3 is 9.88 Å². The lowest BCUT2D eigenvalue weighted by Crippen LogP contribution is -2.14. The fourth-order valence-electron chi connectivity index (χ4n) is 2.32. The Morgan fingerprint density at radius 1 is 1.37 bits per heavy atom. The number of nitrogens with one attached hydrogen (secondary N) is 1. The van der Waals surface area contributed by atoms with Crippen molar-refractivity contribution < 1.29 is 0 Å². The molecule has 0 spiro atoms. The number of nitriles is 1. The van der Waals surface area contributed by atoms with Crippen molar-refractivity contribution in [1.82, 2.24) is 9.88 Å². The zero-order valence-corrected chi connectivity index (χ0v) is 11.4. The summed E-state index contributed by atoms with van der Waals surface area (Å²) in [6.07, 6.45) is 5.34. The van der Waals surface area contributed by atoms with E-state index in [-0.39, 0.29) is 0 Å². The van der Waals surface area contributed by atoms with Crippen LogP contribution >= 0.6 is 0 Å². The summed E-state index contributed by atoms with van der Waals surface area (Å²) in [6, 6.07) is 12.5. The van der Waals surface area contributed by atoms with E-state index in [1.165, 1.54) is 5.56 Å². The van der Waals surface area contributed by atoms with E-state index in [2.05, 4.69) is 47.4 Å². The molecule has 2 rings (SSSR count). The Morgan fingerprint density at radius 3 is 2.89 bits per heavy atom. The van der Waals surface area contributed by atoms with Gasteiger partial charge in [-0.1, -0.05) is 19.1 Å². The third kappa shape index (κ3) is 3.24. The molecule has 1 heterocycles. The molecule has 0 aliphatic carbocycles. The van der Waals surface area contributed by atoms with E-state index in [1.54, 1.807) is 0 Å². The van der Waals surface area contributed by atoms with E-state index in [0.717, 1.165) is 18.5 Å². The molecule has 0 radical (unpaired) electrons. The molecule has 19 heavy (non-hydrogen) atoms. The molecule has 1 atom stereocenters. The highest BCUT2D eigenvalue weighted by Crippen LogP contribution is 2.17. The van der Waals surface area contributed by atoms with Crippen LogP contribution in [0.15, 0.2) is 42.7 Å². The Morgan fingerprint density at radius 2 is 2.21 bits per heavy atom. The van der Waals surface area contributed by atoms with Gasteiger partial charge in [-0.15, -0.1) is 0 Å². The van der Waals surface area contributed by atoms with Crippen LogP contribution in [0.4, 0.5) is 0 Å². The van der Waals surface area contributed by atoms with Crippen molar-refractivity contribution in [2.75, 3.05) is 7.05 Å². The molecule has 0 bridgehead atoms. The van der Waals surface area contributed by atoms with E-state index < -0.39 is 0 Å². The largest absolute Gasteiger partial charge is 0.350 e.